The highest BCUT2D eigenvalue weighted by Crippen LogP contribution is 2.50. The van der Waals surface area contributed by atoms with E-state index in [2.05, 4.69) is 10.4 Å². The molecular formula is C24H29F3N4O3. The lowest BCUT2D eigenvalue weighted by molar-refractivity contribution is -0.271. The summed E-state index contributed by atoms with van der Waals surface area (Å²) in [6, 6.07) is 8.94. The molecule has 1 unspecified atom stereocenters. The van der Waals surface area contributed by atoms with Crippen molar-refractivity contribution < 1.29 is 27.5 Å². The van der Waals surface area contributed by atoms with Gasteiger partial charge in [-0.05, 0) is 31.2 Å². The van der Waals surface area contributed by atoms with E-state index in [0.29, 0.717) is 25.9 Å². The zero-order chi connectivity index (χ0) is 24.6. The zero-order valence-electron chi connectivity index (χ0n) is 19.3. The molecule has 2 fully saturated rings. The number of piperidine rings is 2. The van der Waals surface area contributed by atoms with Gasteiger partial charge >= 0.3 is 6.18 Å². The first kappa shape index (κ1) is 24.3. The third-order valence-electron chi connectivity index (χ3n) is 7.39. The number of aryl methyl sites for hydroxylation is 1. The maximum absolute atomic E-state index is 14.4. The molecule has 0 bridgehead atoms. The number of aromatic nitrogens is 2. The van der Waals surface area contributed by atoms with Gasteiger partial charge in [-0.3, -0.25) is 14.3 Å². The maximum Gasteiger partial charge on any atom is 0.430 e. The maximum atomic E-state index is 14.4. The normalized spacial score (nSPS) is 22.3. The van der Waals surface area contributed by atoms with Crippen molar-refractivity contribution in [1.29, 1.82) is 0 Å². The highest BCUT2D eigenvalue weighted by Gasteiger charge is 2.64. The number of benzene rings is 1. The van der Waals surface area contributed by atoms with Crippen molar-refractivity contribution in [1.82, 2.24) is 20.0 Å². The van der Waals surface area contributed by atoms with Crippen LogP contribution in [-0.4, -0.2) is 59.4 Å². The van der Waals surface area contributed by atoms with Gasteiger partial charge in [0.2, 0.25) is 5.91 Å². The van der Waals surface area contributed by atoms with E-state index in [1.165, 1.54) is 29.2 Å². The fourth-order valence-corrected chi connectivity index (χ4v) is 5.56. The lowest BCUT2D eigenvalue weighted by Gasteiger charge is -2.50. The molecule has 7 nitrogen and oxygen atoms in total. The predicted octanol–water partition coefficient (Wildman–Crippen LogP) is 3.22. The van der Waals surface area contributed by atoms with Crippen molar-refractivity contribution in [2.24, 2.45) is 5.41 Å². The molecule has 3 heterocycles. The number of ether oxygens (including phenoxy) is 1. The van der Waals surface area contributed by atoms with Crippen molar-refractivity contribution in [2.45, 2.75) is 50.4 Å². The molecule has 2 aliphatic rings. The van der Waals surface area contributed by atoms with Crippen LogP contribution in [0.1, 0.15) is 43.4 Å². The largest absolute Gasteiger partial charge is 0.430 e. The molecule has 2 saturated heterocycles. The zero-order valence-corrected chi connectivity index (χ0v) is 19.3. The standard InChI is InChI=1S/C24H29F3N4O3/c1-3-31-19(9-12-29-31)18-16-28-20(32)15-22(18)10-13-30(14-11-22)21(33)23(34-2,24(25,26)27)17-7-5-4-6-8-17/h4-9,12,18H,3,10-11,13-16H2,1-2H3,(H,28,32)/t18?,23-/m1/s1. The van der Waals surface area contributed by atoms with Crippen LogP contribution in [0.15, 0.2) is 42.6 Å². The molecule has 4 rings (SSSR count). The molecule has 34 heavy (non-hydrogen) atoms. The average Bonchev–Trinajstić information content (AvgIpc) is 3.28. The number of alkyl halides is 3. The molecule has 0 aliphatic carbocycles. The molecule has 2 aliphatic heterocycles. The van der Waals surface area contributed by atoms with Crippen molar-refractivity contribution in [2.75, 3.05) is 26.7 Å². The minimum absolute atomic E-state index is 0.0335. The summed E-state index contributed by atoms with van der Waals surface area (Å²) in [6.45, 7) is 3.31. The van der Waals surface area contributed by atoms with Crippen LogP contribution in [0.3, 0.4) is 0 Å². The molecule has 0 radical (unpaired) electrons. The van der Waals surface area contributed by atoms with Crippen molar-refractivity contribution in [3.63, 3.8) is 0 Å². The Labute approximate surface area is 196 Å². The molecule has 2 amide bonds. The van der Waals surface area contributed by atoms with Crippen molar-refractivity contribution in [3.05, 3.63) is 53.9 Å². The number of hydrogen-bond donors (Lipinski definition) is 1. The van der Waals surface area contributed by atoms with Gasteiger partial charge in [0.05, 0.1) is 0 Å². The number of nitrogens with zero attached hydrogens (tertiary/aromatic N) is 3. The van der Waals surface area contributed by atoms with Gasteiger partial charge in [-0.2, -0.15) is 18.3 Å². The Morgan fingerprint density at radius 1 is 1.21 bits per heavy atom. The number of halogens is 3. The first-order valence-electron chi connectivity index (χ1n) is 11.4. The quantitative estimate of drug-likeness (QED) is 0.716. The number of likely N-dealkylation sites (tertiary alicyclic amines) is 1. The Morgan fingerprint density at radius 3 is 2.47 bits per heavy atom. The number of amides is 2. The number of carbonyl (C=O) groups is 2. The van der Waals surface area contributed by atoms with Crippen LogP contribution in [0.5, 0.6) is 0 Å². The summed E-state index contributed by atoms with van der Waals surface area (Å²) in [4.78, 5) is 27.0. The van der Waals surface area contributed by atoms with Crippen LogP contribution in [0, 0.1) is 5.41 Å². The SMILES string of the molecule is CCn1nccc1C1CNC(=O)CC12CCN(C(=O)[C@](OC)(c1ccccc1)C(F)(F)F)CC2. The number of nitrogens with one attached hydrogen (secondary N) is 1. The Bertz CT molecular complexity index is 1030. The van der Waals surface area contributed by atoms with E-state index in [0.717, 1.165) is 12.8 Å². The van der Waals surface area contributed by atoms with Crippen LogP contribution >= 0.6 is 0 Å². The third kappa shape index (κ3) is 3.87. The van der Waals surface area contributed by atoms with E-state index in [4.69, 9.17) is 4.74 Å². The van der Waals surface area contributed by atoms with Gasteiger partial charge < -0.3 is 15.0 Å². The van der Waals surface area contributed by atoms with Gasteiger partial charge in [-0.25, -0.2) is 0 Å². The van der Waals surface area contributed by atoms with Crippen LogP contribution in [0.25, 0.3) is 0 Å². The van der Waals surface area contributed by atoms with Gasteiger partial charge in [0, 0.05) is 63.1 Å². The number of carbonyl (C=O) groups excluding carboxylic acids is 2. The van der Waals surface area contributed by atoms with Gasteiger partial charge in [0.25, 0.3) is 11.5 Å². The molecule has 1 spiro atoms. The summed E-state index contributed by atoms with van der Waals surface area (Å²) in [5.41, 5.74) is -2.79. The van der Waals surface area contributed by atoms with Gasteiger partial charge in [-0.1, -0.05) is 30.3 Å². The van der Waals surface area contributed by atoms with E-state index < -0.39 is 23.1 Å². The number of methoxy groups -OCH3 is 1. The summed E-state index contributed by atoms with van der Waals surface area (Å²) >= 11 is 0. The molecule has 2 atom stereocenters. The van der Waals surface area contributed by atoms with Gasteiger partial charge in [0.1, 0.15) is 0 Å². The summed E-state index contributed by atoms with van der Waals surface area (Å²) < 4.78 is 49.9. The molecule has 10 heteroatoms. The second kappa shape index (κ2) is 9.05. The first-order valence-corrected chi connectivity index (χ1v) is 11.4. The lowest BCUT2D eigenvalue weighted by Crippen LogP contribution is -2.60. The van der Waals surface area contributed by atoms with Crippen LogP contribution in [0.2, 0.25) is 0 Å². The van der Waals surface area contributed by atoms with E-state index in [1.54, 1.807) is 12.3 Å². The molecule has 2 aromatic rings. The first-order chi connectivity index (χ1) is 16.2. The monoisotopic (exact) mass is 478 g/mol. The van der Waals surface area contributed by atoms with Crippen LogP contribution in [-0.2, 0) is 26.5 Å². The predicted molar refractivity (Wildman–Crippen MR) is 118 cm³/mol. The number of hydrogen-bond acceptors (Lipinski definition) is 4. The highest BCUT2D eigenvalue weighted by molar-refractivity contribution is 5.88. The lowest BCUT2D eigenvalue weighted by atomic mass is 9.63. The average molecular weight is 479 g/mol. The molecule has 0 saturated carbocycles. The van der Waals surface area contributed by atoms with Gasteiger partial charge in [-0.15, -0.1) is 0 Å². The topological polar surface area (TPSA) is 76.5 Å². The minimum atomic E-state index is -4.95. The highest BCUT2D eigenvalue weighted by atomic mass is 19.4. The second-order valence-corrected chi connectivity index (χ2v) is 9.01. The second-order valence-electron chi connectivity index (χ2n) is 9.01. The van der Waals surface area contributed by atoms with E-state index in [1.807, 2.05) is 17.7 Å². The fourth-order valence-electron chi connectivity index (χ4n) is 5.56. The van der Waals surface area contributed by atoms with E-state index in [9.17, 15) is 22.8 Å². The Hall–Kier alpha value is -2.88. The molecule has 184 valence electrons. The van der Waals surface area contributed by atoms with E-state index in [-0.39, 0.29) is 36.9 Å². The van der Waals surface area contributed by atoms with Gasteiger partial charge in [0.15, 0.2) is 0 Å². The summed E-state index contributed by atoms with van der Waals surface area (Å²) in [7, 11) is 0.914. The van der Waals surface area contributed by atoms with Crippen molar-refractivity contribution in [3.8, 4) is 0 Å². The van der Waals surface area contributed by atoms with E-state index >= 15 is 0 Å². The summed E-state index contributed by atoms with van der Waals surface area (Å²) in [5, 5.41) is 7.27. The molecular weight excluding hydrogens is 449 g/mol. The minimum Gasteiger partial charge on any atom is -0.356 e. The van der Waals surface area contributed by atoms with Crippen molar-refractivity contribution >= 4 is 11.8 Å². The Kier molecular flexibility index (Phi) is 6.46. The Morgan fingerprint density at radius 2 is 1.88 bits per heavy atom. The molecule has 1 aromatic heterocycles. The fraction of sp³-hybridized carbons (Fsp3) is 0.542. The summed E-state index contributed by atoms with van der Waals surface area (Å²) in [5.74, 6) is -1.24. The smallest absolute Gasteiger partial charge is 0.356 e. The van der Waals surface area contributed by atoms with Crippen LogP contribution < -0.4 is 5.32 Å². The third-order valence-corrected chi connectivity index (χ3v) is 7.39. The molecule has 1 N–H and O–H groups in total. The molecule has 1 aromatic carbocycles. The van der Waals surface area contributed by atoms with Crippen LogP contribution in [0.4, 0.5) is 13.2 Å². The number of rotatable bonds is 5. The Balaban J connectivity index is 1.62. The summed E-state index contributed by atoms with van der Waals surface area (Å²) in [6.07, 6.45) is -2.13.